The molecule has 20 heavy (non-hydrogen) atoms. The number of allylic oxidation sites excluding steroid dienone is 2. The van der Waals surface area contributed by atoms with Gasteiger partial charge in [0.05, 0.1) is 11.2 Å². The second-order valence-corrected chi connectivity index (χ2v) is 6.24. The minimum Gasteiger partial charge on any atom is -0.342 e. The summed E-state index contributed by atoms with van der Waals surface area (Å²) in [5.74, 6) is 0.723. The molecule has 3 nitrogen and oxygen atoms in total. The van der Waals surface area contributed by atoms with E-state index in [9.17, 15) is 0 Å². The largest absolute Gasteiger partial charge is 0.342 e. The van der Waals surface area contributed by atoms with Crippen LogP contribution in [0.25, 0.3) is 16.5 Å². The molecule has 4 rings (SSSR count). The topological polar surface area (TPSA) is 29.9 Å². The van der Waals surface area contributed by atoms with Crippen LogP contribution in [0.2, 0.25) is 0 Å². The number of pyridine rings is 1. The molecule has 0 unspecified atom stereocenters. The Morgan fingerprint density at radius 3 is 3.15 bits per heavy atom. The van der Waals surface area contributed by atoms with E-state index in [-0.39, 0.29) is 0 Å². The van der Waals surface area contributed by atoms with Crippen molar-refractivity contribution in [1.29, 1.82) is 0 Å². The minimum absolute atomic E-state index is 0.557. The first-order chi connectivity index (χ1) is 9.75. The number of hydrogen-bond donors (Lipinski definition) is 1. The van der Waals surface area contributed by atoms with E-state index in [1.54, 1.807) is 0 Å². The maximum absolute atomic E-state index is 4.63. The van der Waals surface area contributed by atoms with Gasteiger partial charge in [0, 0.05) is 42.4 Å². The Morgan fingerprint density at radius 1 is 1.40 bits per heavy atom. The molecule has 2 aromatic rings. The van der Waals surface area contributed by atoms with E-state index in [1.165, 1.54) is 34.2 Å². The summed E-state index contributed by atoms with van der Waals surface area (Å²) in [6.45, 7) is 6.81. The molecule has 0 aromatic carbocycles. The van der Waals surface area contributed by atoms with E-state index >= 15 is 0 Å². The van der Waals surface area contributed by atoms with Gasteiger partial charge in [-0.2, -0.15) is 0 Å². The lowest BCUT2D eigenvalue weighted by Crippen LogP contribution is -2.36. The number of fused-ring (bicyclic) bond motifs is 3. The van der Waals surface area contributed by atoms with Crippen molar-refractivity contribution >= 4 is 16.5 Å². The van der Waals surface area contributed by atoms with Crippen LogP contribution in [0.4, 0.5) is 0 Å². The van der Waals surface area contributed by atoms with Gasteiger partial charge in [0.2, 0.25) is 0 Å². The van der Waals surface area contributed by atoms with Gasteiger partial charge in [0.25, 0.3) is 0 Å². The van der Waals surface area contributed by atoms with Crippen LogP contribution in [-0.2, 0) is 6.42 Å². The lowest BCUT2D eigenvalue weighted by molar-refractivity contribution is 0.280. The molecule has 0 spiro atoms. The summed E-state index contributed by atoms with van der Waals surface area (Å²) in [4.78, 5) is 4.63. The standard InChI is InChI=1S/C17H21N3/c1-11-5-7-18-10-15(11)20-8-6-13-9-19-14-4-3-12(2)16(14)17(13)20/h3,6,8-9,11,15,18H,4-5,7,10H2,1-2H3/t11-,15+/m1/s1. The fraction of sp³-hybridized carbons (Fsp3) is 0.471. The first kappa shape index (κ1) is 12.2. The normalized spacial score (nSPS) is 25.8. The van der Waals surface area contributed by atoms with Gasteiger partial charge >= 0.3 is 0 Å². The highest BCUT2D eigenvalue weighted by Crippen LogP contribution is 2.36. The zero-order chi connectivity index (χ0) is 13.7. The van der Waals surface area contributed by atoms with Crippen molar-refractivity contribution in [3.63, 3.8) is 0 Å². The van der Waals surface area contributed by atoms with Crippen molar-refractivity contribution in [2.45, 2.75) is 32.7 Å². The second kappa shape index (κ2) is 4.45. The van der Waals surface area contributed by atoms with Crippen LogP contribution in [-0.4, -0.2) is 22.6 Å². The quantitative estimate of drug-likeness (QED) is 0.860. The molecule has 104 valence electrons. The summed E-state index contributed by atoms with van der Waals surface area (Å²) in [6, 6.07) is 2.77. The second-order valence-electron chi connectivity index (χ2n) is 6.24. The highest BCUT2D eigenvalue weighted by atomic mass is 15.1. The predicted molar refractivity (Wildman–Crippen MR) is 82.8 cm³/mol. The summed E-state index contributed by atoms with van der Waals surface area (Å²) in [6.07, 6.45) is 8.84. The van der Waals surface area contributed by atoms with E-state index in [2.05, 4.69) is 47.1 Å². The third-order valence-corrected chi connectivity index (χ3v) is 4.97. The van der Waals surface area contributed by atoms with Gasteiger partial charge in [0.15, 0.2) is 0 Å². The number of hydrogen-bond acceptors (Lipinski definition) is 2. The summed E-state index contributed by atoms with van der Waals surface area (Å²) in [5, 5.41) is 4.82. The Kier molecular flexibility index (Phi) is 2.71. The number of aromatic nitrogens is 2. The molecule has 3 heteroatoms. The Labute approximate surface area is 119 Å². The predicted octanol–water partition coefficient (Wildman–Crippen LogP) is 3.17. The van der Waals surface area contributed by atoms with Crippen LogP contribution < -0.4 is 5.32 Å². The van der Waals surface area contributed by atoms with Gasteiger partial charge in [-0.15, -0.1) is 0 Å². The molecule has 0 bridgehead atoms. The maximum atomic E-state index is 4.63. The highest BCUT2D eigenvalue weighted by molar-refractivity contribution is 5.93. The molecule has 1 fully saturated rings. The fourth-order valence-corrected chi connectivity index (χ4v) is 3.73. The van der Waals surface area contributed by atoms with Crippen molar-refractivity contribution in [2.24, 2.45) is 5.92 Å². The molecule has 3 heterocycles. The molecule has 1 aliphatic heterocycles. The summed E-state index contributed by atoms with van der Waals surface area (Å²) >= 11 is 0. The Balaban J connectivity index is 1.92. The third-order valence-electron chi connectivity index (χ3n) is 4.97. The molecule has 1 aliphatic carbocycles. The Morgan fingerprint density at radius 2 is 2.30 bits per heavy atom. The van der Waals surface area contributed by atoms with Crippen LogP contribution in [0, 0.1) is 5.92 Å². The van der Waals surface area contributed by atoms with E-state index in [1.807, 2.05) is 6.20 Å². The van der Waals surface area contributed by atoms with Gasteiger partial charge in [-0.3, -0.25) is 4.98 Å². The van der Waals surface area contributed by atoms with Gasteiger partial charge < -0.3 is 9.88 Å². The van der Waals surface area contributed by atoms with E-state index in [0.717, 1.165) is 25.4 Å². The summed E-state index contributed by atoms with van der Waals surface area (Å²) in [5.41, 5.74) is 5.40. The van der Waals surface area contributed by atoms with Crippen LogP contribution in [0.5, 0.6) is 0 Å². The Bertz CT molecular complexity index is 696. The Hall–Kier alpha value is -1.61. The summed E-state index contributed by atoms with van der Waals surface area (Å²) in [7, 11) is 0. The molecular weight excluding hydrogens is 246 g/mol. The first-order valence-corrected chi connectivity index (χ1v) is 7.62. The molecule has 1 N–H and O–H groups in total. The molecule has 0 saturated carbocycles. The molecule has 2 aliphatic rings. The van der Waals surface area contributed by atoms with Crippen LogP contribution in [0.1, 0.15) is 37.6 Å². The van der Waals surface area contributed by atoms with Crippen LogP contribution >= 0.6 is 0 Å². The summed E-state index contributed by atoms with van der Waals surface area (Å²) < 4.78 is 2.50. The molecular formula is C17H21N3. The SMILES string of the molecule is CC1=CCc2ncc3ccn([C@H]4CNCC[C@H]4C)c3c21. The van der Waals surface area contributed by atoms with Crippen molar-refractivity contribution in [3.8, 4) is 0 Å². The average Bonchev–Trinajstić information content (AvgIpc) is 3.03. The van der Waals surface area contributed by atoms with Crippen molar-refractivity contribution in [3.05, 3.63) is 35.8 Å². The smallest absolute Gasteiger partial charge is 0.0593 e. The van der Waals surface area contributed by atoms with Gasteiger partial charge in [-0.25, -0.2) is 0 Å². The van der Waals surface area contributed by atoms with Crippen molar-refractivity contribution < 1.29 is 0 Å². The molecule has 2 atom stereocenters. The first-order valence-electron chi connectivity index (χ1n) is 7.62. The fourth-order valence-electron chi connectivity index (χ4n) is 3.73. The number of nitrogens with zero attached hydrogens (tertiary/aromatic N) is 2. The van der Waals surface area contributed by atoms with Gasteiger partial charge in [-0.05, 0) is 37.4 Å². The molecule has 2 aromatic heterocycles. The van der Waals surface area contributed by atoms with Gasteiger partial charge in [0.1, 0.15) is 0 Å². The zero-order valence-corrected chi connectivity index (χ0v) is 12.2. The number of nitrogens with one attached hydrogen (secondary N) is 1. The highest BCUT2D eigenvalue weighted by Gasteiger charge is 2.26. The van der Waals surface area contributed by atoms with Crippen LogP contribution in [0.15, 0.2) is 24.5 Å². The van der Waals surface area contributed by atoms with E-state index < -0.39 is 0 Å². The number of piperidine rings is 1. The monoisotopic (exact) mass is 267 g/mol. The average molecular weight is 267 g/mol. The molecule has 1 saturated heterocycles. The lowest BCUT2D eigenvalue weighted by Gasteiger charge is -2.32. The maximum Gasteiger partial charge on any atom is 0.0593 e. The lowest BCUT2D eigenvalue weighted by atomic mass is 9.94. The molecule has 0 radical (unpaired) electrons. The number of rotatable bonds is 1. The molecule has 0 amide bonds. The van der Waals surface area contributed by atoms with Crippen LogP contribution in [0.3, 0.4) is 0 Å². The van der Waals surface area contributed by atoms with Gasteiger partial charge in [-0.1, -0.05) is 13.0 Å². The zero-order valence-electron chi connectivity index (χ0n) is 12.2. The minimum atomic E-state index is 0.557. The van der Waals surface area contributed by atoms with E-state index in [0.29, 0.717) is 6.04 Å². The van der Waals surface area contributed by atoms with Crippen molar-refractivity contribution in [2.75, 3.05) is 13.1 Å². The van der Waals surface area contributed by atoms with Crippen molar-refractivity contribution in [1.82, 2.24) is 14.9 Å². The van der Waals surface area contributed by atoms with E-state index in [4.69, 9.17) is 0 Å². The third kappa shape index (κ3) is 1.66.